The van der Waals surface area contributed by atoms with Crippen LogP contribution >= 0.6 is 0 Å². The van der Waals surface area contributed by atoms with Crippen LogP contribution in [0.4, 0.5) is 0 Å². The molecule has 0 amide bonds. The predicted octanol–water partition coefficient (Wildman–Crippen LogP) is -0.433. The Bertz CT molecular complexity index is 505. The lowest BCUT2D eigenvalue weighted by Crippen LogP contribution is -2.30. The minimum atomic E-state index is -0.847. The Morgan fingerprint density at radius 2 is 0.900 bits per heavy atom. The average Bonchev–Trinajstić information content (AvgIpc) is 2.61. The lowest BCUT2D eigenvalue weighted by molar-refractivity contribution is -0.138. The van der Waals surface area contributed by atoms with Gasteiger partial charge in [0, 0.05) is 12.8 Å². The molecule has 0 saturated carbocycles. The van der Waals surface area contributed by atoms with Crippen LogP contribution in [0, 0.1) is 0 Å². The van der Waals surface area contributed by atoms with E-state index in [9.17, 15) is 24.0 Å². The molecule has 11 nitrogen and oxygen atoms in total. The summed E-state index contributed by atoms with van der Waals surface area (Å²) in [6, 6.07) is -1.33. The molecule has 0 aromatic rings. The zero-order valence-electron chi connectivity index (χ0n) is 18.1. The summed E-state index contributed by atoms with van der Waals surface area (Å²) < 4.78 is 0. The second kappa shape index (κ2) is 20.1. The smallest absolute Gasteiger partial charge is 0.303 e. The molecule has 0 fully saturated rings. The zero-order valence-corrected chi connectivity index (χ0v) is 18.1. The Kier molecular flexibility index (Phi) is 21.7. The molecule has 0 aromatic heterocycles. The van der Waals surface area contributed by atoms with Crippen molar-refractivity contribution in [3.8, 4) is 0 Å². The number of carbonyl (C=O) groups excluding carboxylic acids is 3. The molecule has 10 N–H and O–H groups in total. The van der Waals surface area contributed by atoms with Crippen molar-refractivity contribution in [3.05, 3.63) is 0 Å². The molecule has 0 aliphatic carbocycles. The van der Waals surface area contributed by atoms with E-state index in [1.54, 1.807) is 0 Å². The lowest BCUT2D eigenvalue weighted by atomic mass is 10.1. The van der Waals surface area contributed by atoms with Crippen molar-refractivity contribution in [3.63, 3.8) is 0 Å². The second-order valence-electron chi connectivity index (χ2n) is 6.80. The van der Waals surface area contributed by atoms with E-state index in [1.165, 1.54) is 20.8 Å². The molecule has 0 unspecified atom stereocenters. The summed E-state index contributed by atoms with van der Waals surface area (Å²) in [5.41, 5.74) is 21.2. The number of hydrogen-bond acceptors (Lipinski definition) is 9. The third-order valence-corrected chi connectivity index (χ3v) is 3.86. The van der Waals surface area contributed by atoms with Crippen molar-refractivity contribution in [1.29, 1.82) is 0 Å². The minimum Gasteiger partial charge on any atom is -0.481 e. The molecule has 0 spiro atoms. The quantitative estimate of drug-likeness (QED) is 0.217. The number of rotatable bonds is 13. The number of carboxylic acid groups (broad SMARTS) is 2. The van der Waals surface area contributed by atoms with Gasteiger partial charge >= 0.3 is 11.9 Å². The van der Waals surface area contributed by atoms with E-state index in [1.807, 2.05) is 0 Å². The van der Waals surface area contributed by atoms with Crippen molar-refractivity contribution >= 4 is 29.3 Å². The predicted molar refractivity (Wildman–Crippen MR) is 113 cm³/mol. The topological polar surface area (TPSA) is 230 Å². The maximum atomic E-state index is 10.5. The molecule has 0 rings (SSSR count). The Morgan fingerprint density at radius 1 is 0.633 bits per heavy atom. The van der Waals surface area contributed by atoms with Crippen LogP contribution in [0.15, 0.2) is 0 Å². The van der Waals surface area contributed by atoms with Crippen molar-refractivity contribution in [2.45, 2.75) is 83.8 Å². The van der Waals surface area contributed by atoms with Gasteiger partial charge in [-0.2, -0.15) is 0 Å². The molecule has 176 valence electrons. The van der Waals surface area contributed by atoms with Crippen LogP contribution in [-0.4, -0.2) is 64.2 Å². The summed E-state index contributed by atoms with van der Waals surface area (Å²) in [7, 11) is 0. The number of Topliss-reactive ketones (excluding diaryl/α,β-unsaturated/α-hetero) is 3. The Labute approximate surface area is 177 Å². The van der Waals surface area contributed by atoms with Gasteiger partial charge in [0.25, 0.3) is 0 Å². The molecular weight excluding hydrogens is 396 g/mol. The molecule has 3 atom stereocenters. The highest BCUT2D eigenvalue weighted by Crippen LogP contribution is 2.00. The van der Waals surface area contributed by atoms with E-state index < -0.39 is 24.0 Å². The van der Waals surface area contributed by atoms with E-state index in [0.29, 0.717) is 38.6 Å². The van der Waals surface area contributed by atoms with E-state index in [0.717, 1.165) is 0 Å². The SMILES string of the molecule is CC(=O)[C@@H](N)CCCC(=O)O.CC(=O)[C@H](N)CCCC(=O)O.CC(=O)[C@H](N)CCN. The van der Waals surface area contributed by atoms with Crippen molar-refractivity contribution in [1.82, 2.24) is 0 Å². The highest BCUT2D eigenvalue weighted by molar-refractivity contribution is 5.81. The molecule has 0 aromatic carbocycles. The van der Waals surface area contributed by atoms with Crippen LogP contribution in [0.3, 0.4) is 0 Å². The van der Waals surface area contributed by atoms with Gasteiger partial charge in [-0.3, -0.25) is 24.0 Å². The first kappa shape index (κ1) is 32.5. The Hall–Kier alpha value is -2.21. The van der Waals surface area contributed by atoms with Gasteiger partial charge in [0.15, 0.2) is 0 Å². The molecule has 0 heterocycles. The molecule has 11 heteroatoms. The van der Waals surface area contributed by atoms with Gasteiger partial charge in [-0.25, -0.2) is 0 Å². The number of ketones is 3. The van der Waals surface area contributed by atoms with Crippen molar-refractivity contribution < 1.29 is 34.2 Å². The van der Waals surface area contributed by atoms with Crippen LogP contribution in [0.25, 0.3) is 0 Å². The second-order valence-corrected chi connectivity index (χ2v) is 6.80. The molecule has 30 heavy (non-hydrogen) atoms. The fourth-order valence-electron chi connectivity index (χ4n) is 1.74. The van der Waals surface area contributed by atoms with E-state index in [4.69, 9.17) is 33.1 Å². The lowest BCUT2D eigenvalue weighted by Gasteiger charge is -2.04. The number of carbonyl (C=O) groups is 5. The maximum absolute atomic E-state index is 10.5. The van der Waals surface area contributed by atoms with E-state index >= 15 is 0 Å². The number of nitrogens with two attached hydrogens (primary N) is 4. The molecule has 0 radical (unpaired) electrons. The van der Waals surface area contributed by atoms with Crippen LogP contribution in [-0.2, 0) is 24.0 Å². The van der Waals surface area contributed by atoms with E-state index in [-0.39, 0.29) is 36.2 Å². The number of hydrogen-bond donors (Lipinski definition) is 6. The van der Waals surface area contributed by atoms with Gasteiger partial charge < -0.3 is 33.1 Å². The van der Waals surface area contributed by atoms with E-state index in [2.05, 4.69) is 0 Å². The van der Waals surface area contributed by atoms with Crippen LogP contribution in [0.2, 0.25) is 0 Å². The largest absolute Gasteiger partial charge is 0.481 e. The molecule has 0 aliphatic heterocycles. The monoisotopic (exact) mass is 434 g/mol. The highest BCUT2D eigenvalue weighted by Gasteiger charge is 2.08. The summed E-state index contributed by atoms with van der Waals surface area (Å²) in [5, 5.41) is 16.5. The highest BCUT2D eigenvalue weighted by atomic mass is 16.4. The minimum absolute atomic E-state index is 0.00968. The van der Waals surface area contributed by atoms with Crippen molar-refractivity contribution in [2.75, 3.05) is 6.54 Å². The molecule has 0 aliphatic rings. The summed E-state index contributed by atoms with van der Waals surface area (Å²) in [4.78, 5) is 51.5. The summed E-state index contributed by atoms with van der Waals surface area (Å²) in [6.07, 6.45) is 2.62. The molecule has 0 saturated heterocycles. The van der Waals surface area contributed by atoms with Gasteiger partial charge in [-0.15, -0.1) is 0 Å². The first-order valence-corrected chi connectivity index (χ1v) is 9.67. The maximum Gasteiger partial charge on any atom is 0.303 e. The van der Waals surface area contributed by atoms with Crippen LogP contribution in [0.1, 0.15) is 65.7 Å². The van der Waals surface area contributed by atoms with Gasteiger partial charge in [-0.1, -0.05) is 0 Å². The van der Waals surface area contributed by atoms with Gasteiger partial charge in [0.05, 0.1) is 18.1 Å². The first-order chi connectivity index (χ1) is 13.8. The zero-order chi connectivity index (χ0) is 24.3. The normalized spacial score (nSPS) is 12.8. The summed E-state index contributed by atoms with van der Waals surface area (Å²) in [6.45, 7) is 4.78. The Morgan fingerprint density at radius 3 is 1.07 bits per heavy atom. The molecular formula is C19H38N4O7. The van der Waals surface area contributed by atoms with Gasteiger partial charge in [-0.05, 0) is 59.4 Å². The third kappa shape index (κ3) is 25.8. The molecule has 0 bridgehead atoms. The first-order valence-electron chi connectivity index (χ1n) is 9.67. The number of carboxylic acids is 2. The fourth-order valence-corrected chi connectivity index (χ4v) is 1.74. The van der Waals surface area contributed by atoms with Crippen LogP contribution in [0.5, 0.6) is 0 Å². The van der Waals surface area contributed by atoms with Gasteiger partial charge in [0.1, 0.15) is 17.3 Å². The Balaban J connectivity index is -0.000000370. The third-order valence-electron chi connectivity index (χ3n) is 3.86. The summed E-state index contributed by atoms with van der Waals surface area (Å²) in [5.74, 6) is -1.86. The standard InChI is InChI=1S/2C7H13NO3.C5H12N2O/c2*1-5(9)6(8)3-2-4-7(10)11;1-4(8)5(7)2-3-6/h2*6H,2-4,8H2,1H3,(H,10,11);5H,2-3,6-7H2,1H3/t2*6-;5-/m101/s1. The van der Waals surface area contributed by atoms with Crippen molar-refractivity contribution in [2.24, 2.45) is 22.9 Å². The average molecular weight is 435 g/mol. The fraction of sp³-hybridized carbons (Fsp3) is 0.737. The van der Waals surface area contributed by atoms with Crippen LogP contribution < -0.4 is 22.9 Å². The number of aliphatic carboxylic acids is 2. The van der Waals surface area contributed by atoms with Gasteiger partial charge in [0.2, 0.25) is 0 Å². The summed E-state index contributed by atoms with van der Waals surface area (Å²) >= 11 is 0.